The molecule has 0 spiro atoms. The van der Waals surface area contributed by atoms with Crippen LogP contribution in [-0.4, -0.2) is 62.9 Å². The summed E-state index contributed by atoms with van der Waals surface area (Å²) >= 11 is 0. The third kappa shape index (κ3) is 3.70. The minimum absolute atomic E-state index is 0.125. The van der Waals surface area contributed by atoms with E-state index in [1.54, 1.807) is 0 Å². The first-order valence-electron chi connectivity index (χ1n) is 7.29. The Morgan fingerprint density at radius 2 is 1.78 bits per heavy atom. The topological polar surface area (TPSA) is 54.0 Å². The number of ether oxygens (including phenoxy) is 2. The number of alkyl halides is 2. The molecule has 2 N–H and O–H groups in total. The van der Waals surface area contributed by atoms with Gasteiger partial charge in [-0.25, -0.2) is 13.2 Å². The first kappa shape index (κ1) is 17.8. The van der Waals surface area contributed by atoms with E-state index in [0.29, 0.717) is 26.2 Å². The van der Waals surface area contributed by atoms with E-state index in [1.807, 2.05) is 0 Å². The Kier molecular flexibility index (Phi) is 5.72. The van der Waals surface area contributed by atoms with Crippen LogP contribution in [0.25, 0.3) is 0 Å². The molecule has 0 aliphatic carbocycles. The lowest BCUT2D eigenvalue weighted by Gasteiger charge is -2.39. The fourth-order valence-corrected chi connectivity index (χ4v) is 2.80. The lowest BCUT2D eigenvalue weighted by Crippen LogP contribution is -2.51. The number of aliphatic hydroxyl groups is 1. The number of halogens is 3. The summed E-state index contributed by atoms with van der Waals surface area (Å²) in [5.41, 5.74) is -0.219. The van der Waals surface area contributed by atoms with Gasteiger partial charge >= 0.3 is 0 Å². The molecule has 0 unspecified atom stereocenters. The molecule has 5 nitrogen and oxygen atoms in total. The van der Waals surface area contributed by atoms with Crippen LogP contribution < -0.4 is 14.8 Å². The van der Waals surface area contributed by atoms with Crippen molar-refractivity contribution in [1.82, 2.24) is 10.2 Å². The van der Waals surface area contributed by atoms with Gasteiger partial charge in [0.25, 0.3) is 5.92 Å². The molecule has 0 aromatic heterocycles. The van der Waals surface area contributed by atoms with Crippen LogP contribution in [0.2, 0.25) is 0 Å². The van der Waals surface area contributed by atoms with E-state index in [1.165, 1.54) is 25.2 Å². The third-order valence-electron chi connectivity index (χ3n) is 3.93. The number of benzene rings is 1. The molecule has 1 aromatic carbocycles. The number of nitrogens with zero attached hydrogens (tertiary/aromatic N) is 1. The fraction of sp³-hybridized carbons (Fsp3) is 0.600. The molecule has 2 rings (SSSR count). The second-order valence-corrected chi connectivity index (χ2v) is 5.34. The highest BCUT2D eigenvalue weighted by atomic mass is 19.3. The van der Waals surface area contributed by atoms with E-state index in [-0.39, 0.29) is 17.1 Å². The number of hydrogen-bond acceptors (Lipinski definition) is 5. The van der Waals surface area contributed by atoms with Crippen molar-refractivity contribution in [2.24, 2.45) is 0 Å². The molecule has 1 saturated heterocycles. The first-order chi connectivity index (χ1) is 10.9. The summed E-state index contributed by atoms with van der Waals surface area (Å²) in [4.78, 5) is 1.47. The SMILES string of the molecule is COc1cc(F)c([C@@H](N2CCNCC2)C(F)(F)CO)cc1OC. The highest BCUT2D eigenvalue weighted by Crippen LogP contribution is 2.41. The van der Waals surface area contributed by atoms with Crippen molar-refractivity contribution in [2.75, 3.05) is 47.0 Å². The van der Waals surface area contributed by atoms with Crippen molar-refractivity contribution in [3.63, 3.8) is 0 Å². The molecule has 130 valence electrons. The molecule has 0 radical (unpaired) electrons. The maximum Gasteiger partial charge on any atom is 0.290 e. The first-order valence-corrected chi connectivity index (χ1v) is 7.29. The van der Waals surface area contributed by atoms with Gasteiger partial charge in [-0.1, -0.05) is 0 Å². The largest absolute Gasteiger partial charge is 0.493 e. The molecule has 1 fully saturated rings. The number of aliphatic hydroxyl groups excluding tert-OH is 1. The Bertz CT molecular complexity index is 537. The van der Waals surface area contributed by atoms with E-state index >= 15 is 0 Å². The van der Waals surface area contributed by atoms with Crippen molar-refractivity contribution in [2.45, 2.75) is 12.0 Å². The summed E-state index contributed by atoms with van der Waals surface area (Å²) in [6.07, 6.45) is 0. The normalized spacial score (nSPS) is 17.8. The summed E-state index contributed by atoms with van der Waals surface area (Å²) in [6, 6.07) is 0.663. The van der Waals surface area contributed by atoms with Gasteiger partial charge in [0.15, 0.2) is 11.5 Å². The predicted molar refractivity (Wildman–Crippen MR) is 78.7 cm³/mol. The van der Waals surface area contributed by atoms with Gasteiger partial charge in [-0.05, 0) is 6.07 Å². The van der Waals surface area contributed by atoms with Crippen LogP contribution >= 0.6 is 0 Å². The zero-order valence-electron chi connectivity index (χ0n) is 13.1. The van der Waals surface area contributed by atoms with E-state index in [0.717, 1.165) is 6.07 Å². The number of piperazine rings is 1. The highest BCUT2D eigenvalue weighted by Gasteiger charge is 2.45. The molecule has 0 amide bonds. The zero-order chi connectivity index (χ0) is 17.0. The molecular formula is C15H21F3N2O3. The van der Waals surface area contributed by atoms with E-state index in [9.17, 15) is 13.2 Å². The van der Waals surface area contributed by atoms with Crippen LogP contribution in [0.15, 0.2) is 12.1 Å². The highest BCUT2D eigenvalue weighted by molar-refractivity contribution is 5.45. The smallest absolute Gasteiger partial charge is 0.290 e. The molecule has 1 aromatic rings. The molecule has 8 heteroatoms. The monoisotopic (exact) mass is 334 g/mol. The summed E-state index contributed by atoms with van der Waals surface area (Å²) in [7, 11) is 2.69. The maximum absolute atomic E-state index is 14.4. The average molecular weight is 334 g/mol. The molecule has 0 saturated carbocycles. The molecule has 23 heavy (non-hydrogen) atoms. The van der Waals surface area contributed by atoms with Crippen molar-refractivity contribution in [3.8, 4) is 11.5 Å². The van der Waals surface area contributed by atoms with Crippen molar-refractivity contribution in [1.29, 1.82) is 0 Å². The second-order valence-electron chi connectivity index (χ2n) is 5.34. The quantitative estimate of drug-likeness (QED) is 0.824. The van der Waals surface area contributed by atoms with Crippen LogP contribution in [0.1, 0.15) is 11.6 Å². The molecular weight excluding hydrogens is 313 g/mol. The van der Waals surface area contributed by atoms with Gasteiger partial charge in [-0.2, -0.15) is 0 Å². The van der Waals surface area contributed by atoms with Crippen LogP contribution in [-0.2, 0) is 0 Å². The van der Waals surface area contributed by atoms with Crippen LogP contribution in [0, 0.1) is 5.82 Å². The van der Waals surface area contributed by atoms with Crippen LogP contribution in [0.3, 0.4) is 0 Å². The third-order valence-corrected chi connectivity index (χ3v) is 3.93. The van der Waals surface area contributed by atoms with Crippen LogP contribution in [0.5, 0.6) is 11.5 Å². The Morgan fingerprint density at radius 3 is 2.30 bits per heavy atom. The fourth-order valence-electron chi connectivity index (χ4n) is 2.80. The summed E-state index contributed by atoms with van der Waals surface area (Å²) in [6.45, 7) is 0.331. The second kappa shape index (κ2) is 7.37. The van der Waals surface area contributed by atoms with Crippen molar-refractivity contribution >= 4 is 0 Å². The van der Waals surface area contributed by atoms with Crippen molar-refractivity contribution in [3.05, 3.63) is 23.5 Å². The van der Waals surface area contributed by atoms with Crippen molar-refractivity contribution < 1.29 is 27.8 Å². The van der Waals surface area contributed by atoms with Gasteiger partial charge in [0.1, 0.15) is 18.5 Å². The Labute approximate surface area is 133 Å². The molecule has 1 atom stereocenters. The van der Waals surface area contributed by atoms with E-state index in [2.05, 4.69) is 5.32 Å². The minimum Gasteiger partial charge on any atom is -0.493 e. The van der Waals surface area contributed by atoms with Gasteiger partial charge in [-0.15, -0.1) is 0 Å². The van der Waals surface area contributed by atoms with Gasteiger partial charge in [0.2, 0.25) is 0 Å². The lowest BCUT2D eigenvalue weighted by atomic mass is 9.97. The number of nitrogens with one attached hydrogen (secondary N) is 1. The summed E-state index contributed by atoms with van der Waals surface area (Å²) in [5.74, 6) is -4.02. The lowest BCUT2D eigenvalue weighted by molar-refractivity contribution is -0.119. The number of hydrogen-bond donors (Lipinski definition) is 2. The number of methoxy groups -OCH3 is 2. The molecule has 1 aliphatic rings. The standard InChI is InChI=1S/C15H21F3N2O3/c1-22-12-7-10(11(16)8-13(12)23-2)14(15(17,18)9-21)20-5-3-19-4-6-20/h7-8,14,19,21H,3-6,9H2,1-2H3/t14-/m1/s1. The zero-order valence-corrected chi connectivity index (χ0v) is 13.1. The Morgan fingerprint density at radius 1 is 1.22 bits per heavy atom. The maximum atomic E-state index is 14.4. The predicted octanol–water partition coefficient (Wildman–Crippen LogP) is 1.42. The molecule has 0 bridgehead atoms. The minimum atomic E-state index is -3.49. The van der Waals surface area contributed by atoms with Gasteiger partial charge in [0, 0.05) is 37.8 Å². The summed E-state index contributed by atoms with van der Waals surface area (Å²) < 4.78 is 53.2. The summed E-state index contributed by atoms with van der Waals surface area (Å²) in [5, 5.41) is 12.2. The van der Waals surface area contributed by atoms with Gasteiger partial charge < -0.3 is 19.9 Å². The molecule has 1 heterocycles. The number of rotatable bonds is 6. The van der Waals surface area contributed by atoms with E-state index < -0.39 is 24.4 Å². The van der Waals surface area contributed by atoms with Crippen LogP contribution in [0.4, 0.5) is 13.2 Å². The Balaban J connectivity index is 2.50. The van der Waals surface area contributed by atoms with Gasteiger partial charge in [0.05, 0.1) is 14.2 Å². The van der Waals surface area contributed by atoms with E-state index in [4.69, 9.17) is 14.6 Å². The Hall–Kier alpha value is -1.51. The molecule has 1 aliphatic heterocycles. The van der Waals surface area contributed by atoms with Gasteiger partial charge in [-0.3, -0.25) is 4.90 Å². The average Bonchev–Trinajstić information content (AvgIpc) is 2.57.